The predicted molar refractivity (Wildman–Crippen MR) is 65.7 cm³/mol. The summed E-state index contributed by atoms with van der Waals surface area (Å²) in [6, 6.07) is 4.27. The first kappa shape index (κ1) is 13.0. The number of nitrogens with zero attached hydrogens (tertiary/aromatic N) is 1. The summed E-state index contributed by atoms with van der Waals surface area (Å²) in [5.41, 5.74) is 5.05. The highest BCUT2D eigenvalue weighted by Gasteiger charge is 2.46. The summed E-state index contributed by atoms with van der Waals surface area (Å²) in [5, 5.41) is 0. The van der Waals surface area contributed by atoms with Crippen LogP contribution < -0.4 is 10.6 Å². The molecule has 5 heteroatoms. The van der Waals surface area contributed by atoms with Gasteiger partial charge in [0.2, 0.25) is 5.91 Å². The number of halogens is 2. The third kappa shape index (κ3) is 1.79. The fourth-order valence-electron chi connectivity index (χ4n) is 2.04. The van der Waals surface area contributed by atoms with E-state index in [9.17, 15) is 13.6 Å². The number of alkyl halides is 2. The van der Waals surface area contributed by atoms with E-state index in [4.69, 9.17) is 5.73 Å². The second kappa shape index (κ2) is 3.75. The number of fused-ring (bicyclic) bond motifs is 1. The van der Waals surface area contributed by atoms with E-state index in [1.807, 2.05) is 0 Å². The van der Waals surface area contributed by atoms with E-state index >= 15 is 0 Å². The molecule has 0 saturated heterocycles. The molecule has 0 saturated carbocycles. The van der Waals surface area contributed by atoms with Crippen molar-refractivity contribution < 1.29 is 13.6 Å². The van der Waals surface area contributed by atoms with Crippen LogP contribution in [0, 0.1) is 0 Å². The van der Waals surface area contributed by atoms with Crippen molar-refractivity contribution in [3.05, 3.63) is 29.3 Å². The zero-order valence-corrected chi connectivity index (χ0v) is 10.6. The zero-order valence-electron chi connectivity index (χ0n) is 10.6. The van der Waals surface area contributed by atoms with Gasteiger partial charge in [-0.2, -0.15) is 8.78 Å². The van der Waals surface area contributed by atoms with E-state index in [2.05, 4.69) is 0 Å². The lowest BCUT2D eigenvalue weighted by molar-refractivity contribution is -0.117. The Morgan fingerprint density at radius 1 is 1.33 bits per heavy atom. The third-order valence-electron chi connectivity index (χ3n) is 3.33. The lowest BCUT2D eigenvalue weighted by Gasteiger charge is -2.30. The maximum Gasteiger partial charge on any atom is 0.290 e. The summed E-state index contributed by atoms with van der Waals surface area (Å²) in [6.45, 7) is 2.58. The molecule has 2 N–H and O–H groups in total. The first-order chi connectivity index (χ1) is 8.14. The van der Waals surface area contributed by atoms with Gasteiger partial charge in [-0.25, -0.2) is 0 Å². The van der Waals surface area contributed by atoms with Crippen molar-refractivity contribution in [2.24, 2.45) is 5.73 Å². The number of carbonyl (C=O) groups is 1. The Balaban J connectivity index is 2.46. The number of nitrogens with two attached hydrogens (primary N) is 1. The lowest BCUT2D eigenvalue weighted by Crippen LogP contribution is -2.48. The van der Waals surface area contributed by atoms with E-state index in [0.29, 0.717) is 11.3 Å². The number of amides is 1. The van der Waals surface area contributed by atoms with Crippen molar-refractivity contribution in [2.75, 3.05) is 11.9 Å². The normalized spacial score (nSPS) is 16.1. The SMILES string of the molecule is CN1C(=O)Cc2cc(C(F)(F)C(C)(C)N)ccc21. The molecule has 98 valence electrons. The van der Waals surface area contributed by atoms with E-state index < -0.39 is 11.5 Å². The van der Waals surface area contributed by atoms with Crippen LogP contribution in [0.25, 0.3) is 0 Å². The van der Waals surface area contributed by atoms with Crippen molar-refractivity contribution in [2.45, 2.75) is 31.7 Å². The van der Waals surface area contributed by atoms with Crippen molar-refractivity contribution in [1.82, 2.24) is 0 Å². The Bertz CT molecular complexity index is 506. The molecule has 0 unspecified atom stereocenters. The van der Waals surface area contributed by atoms with Gasteiger partial charge in [0, 0.05) is 18.3 Å². The average molecular weight is 254 g/mol. The molecule has 1 amide bonds. The van der Waals surface area contributed by atoms with Gasteiger partial charge in [-0.15, -0.1) is 0 Å². The number of carbonyl (C=O) groups excluding carboxylic acids is 1. The first-order valence-corrected chi connectivity index (χ1v) is 5.71. The van der Waals surface area contributed by atoms with Crippen LogP contribution in [0.5, 0.6) is 0 Å². The summed E-state index contributed by atoms with van der Waals surface area (Å²) in [4.78, 5) is 13.0. The standard InChI is InChI=1S/C13H16F2N2O/c1-12(2,16)13(14,15)9-4-5-10-8(6-9)7-11(18)17(10)3/h4-6H,7,16H2,1-3H3. The minimum atomic E-state index is -3.13. The van der Waals surface area contributed by atoms with Gasteiger partial charge in [0.15, 0.2) is 0 Å². The molecule has 1 aromatic carbocycles. The van der Waals surface area contributed by atoms with Gasteiger partial charge in [-0.05, 0) is 31.5 Å². The average Bonchev–Trinajstić information content (AvgIpc) is 2.53. The molecule has 0 aliphatic carbocycles. The molecule has 0 spiro atoms. The van der Waals surface area contributed by atoms with E-state index in [1.165, 1.54) is 30.9 Å². The van der Waals surface area contributed by atoms with Crippen LogP contribution in [-0.2, 0) is 17.1 Å². The predicted octanol–water partition coefficient (Wildman–Crippen LogP) is 2.03. The molecule has 1 aliphatic heterocycles. The molecule has 1 aromatic rings. The van der Waals surface area contributed by atoms with Gasteiger partial charge in [0.25, 0.3) is 5.92 Å². The summed E-state index contributed by atoms with van der Waals surface area (Å²) >= 11 is 0. The van der Waals surface area contributed by atoms with Crippen molar-refractivity contribution in [1.29, 1.82) is 0 Å². The molecular weight excluding hydrogens is 238 g/mol. The minimum absolute atomic E-state index is 0.0857. The van der Waals surface area contributed by atoms with Crippen LogP contribution in [0.4, 0.5) is 14.5 Å². The van der Waals surface area contributed by atoms with Crippen molar-refractivity contribution in [3.63, 3.8) is 0 Å². The highest BCUT2D eigenvalue weighted by molar-refractivity contribution is 6.00. The van der Waals surface area contributed by atoms with Crippen molar-refractivity contribution >= 4 is 11.6 Å². The third-order valence-corrected chi connectivity index (χ3v) is 3.33. The smallest absolute Gasteiger partial charge is 0.290 e. The highest BCUT2D eigenvalue weighted by Crippen LogP contribution is 2.40. The molecule has 18 heavy (non-hydrogen) atoms. The quantitative estimate of drug-likeness (QED) is 0.877. The number of rotatable bonds is 2. The summed E-state index contributed by atoms with van der Waals surface area (Å²) in [6.07, 6.45) is 0.167. The molecule has 0 radical (unpaired) electrons. The Hall–Kier alpha value is -1.49. The first-order valence-electron chi connectivity index (χ1n) is 5.71. The maximum atomic E-state index is 14.1. The van der Waals surface area contributed by atoms with Gasteiger partial charge in [-0.1, -0.05) is 6.07 Å². The molecule has 0 fully saturated rings. The summed E-state index contributed by atoms with van der Waals surface area (Å²) in [5.74, 6) is -3.22. The maximum absolute atomic E-state index is 14.1. The number of hydrogen-bond acceptors (Lipinski definition) is 2. The number of likely N-dealkylation sites (N-methyl/N-ethyl adjacent to an activating group) is 1. The summed E-state index contributed by atoms with van der Waals surface area (Å²) in [7, 11) is 1.64. The van der Waals surface area contributed by atoms with Gasteiger partial charge >= 0.3 is 0 Å². The van der Waals surface area contributed by atoms with Crippen LogP contribution in [0.2, 0.25) is 0 Å². The van der Waals surface area contributed by atoms with Crippen LogP contribution in [0.1, 0.15) is 25.0 Å². The second-order valence-electron chi connectivity index (χ2n) is 5.27. The van der Waals surface area contributed by atoms with Gasteiger partial charge in [0.1, 0.15) is 0 Å². The van der Waals surface area contributed by atoms with Crippen LogP contribution >= 0.6 is 0 Å². The Labute approximate surface area is 105 Å². The minimum Gasteiger partial charge on any atom is -0.320 e. The van der Waals surface area contributed by atoms with Gasteiger partial charge < -0.3 is 10.6 Å². The van der Waals surface area contributed by atoms with Gasteiger partial charge in [-0.3, -0.25) is 4.79 Å². The van der Waals surface area contributed by atoms with Gasteiger partial charge in [0.05, 0.1) is 12.0 Å². The summed E-state index contributed by atoms with van der Waals surface area (Å²) < 4.78 is 28.2. The Morgan fingerprint density at radius 2 is 1.94 bits per heavy atom. The Morgan fingerprint density at radius 3 is 2.50 bits per heavy atom. The molecular formula is C13H16F2N2O. The van der Waals surface area contributed by atoms with E-state index in [1.54, 1.807) is 13.1 Å². The number of anilines is 1. The lowest BCUT2D eigenvalue weighted by atomic mass is 9.90. The highest BCUT2D eigenvalue weighted by atomic mass is 19.3. The number of hydrogen-bond donors (Lipinski definition) is 1. The van der Waals surface area contributed by atoms with Crippen molar-refractivity contribution in [3.8, 4) is 0 Å². The number of benzene rings is 1. The fraction of sp³-hybridized carbons (Fsp3) is 0.462. The monoisotopic (exact) mass is 254 g/mol. The van der Waals surface area contributed by atoms with Crippen LogP contribution in [0.3, 0.4) is 0 Å². The molecule has 2 rings (SSSR count). The molecule has 0 aromatic heterocycles. The largest absolute Gasteiger partial charge is 0.320 e. The fourth-order valence-corrected chi connectivity index (χ4v) is 2.04. The molecule has 3 nitrogen and oxygen atoms in total. The molecule has 0 bridgehead atoms. The zero-order chi connectivity index (χ0) is 13.7. The molecule has 1 aliphatic rings. The topological polar surface area (TPSA) is 46.3 Å². The molecule has 1 heterocycles. The van der Waals surface area contributed by atoms with E-state index in [0.717, 1.165) is 0 Å². The molecule has 0 atom stereocenters. The van der Waals surface area contributed by atoms with E-state index in [-0.39, 0.29) is 17.9 Å². The van der Waals surface area contributed by atoms with Crippen LogP contribution in [0.15, 0.2) is 18.2 Å². The Kier molecular flexibility index (Phi) is 2.70. The second-order valence-corrected chi connectivity index (χ2v) is 5.27. The van der Waals surface area contributed by atoms with Crippen LogP contribution in [-0.4, -0.2) is 18.5 Å².